The van der Waals surface area contributed by atoms with Crippen LogP contribution in [0.5, 0.6) is 0 Å². The Morgan fingerprint density at radius 3 is 1.89 bits per heavy atom. The van der Waals surface area contributed by atoms with Crippen LogP contribution in [0.2, 0.25) is 0 Å². The highest BCUT2D eigenvalue weighted by Gasteiger charge is 2.42. The summed E-state index contributed by atoms with van der Waals surface area (Å²) in [5, 5.41) is 0. The van der Waals surface area contributed by atoms with E-state index in [9.17, 15) is 9.59 Å². The van der Waals surface area contributed by atoms with E-state index < -0.39 is 5.41 Å². The molecule has 1 aromatic carbocycles. The molecular weight excluding hydrogens is 350 g/mol. The van der Waals surface area contributed by atoms with E-state index in [1.54, 1.807) is 13.8 Å². The Morgan fingerprint density at radius 1 is 0.786 bits per heavy atom. The summed E-state index contributed by atoms with van der Waals surface area (Å²) in [6, 6.07) is 6.39. The molecule has 154 valence electrons. The summed E-state index contributed by atoms with van der Waals surface area (Å²) in [5.41, 5.74) is 2.87. The van der Waals surface area contributed by atoms with Crippen LogP contribution in [0.1, 0.15) is 50.7 Å². The van der Waals surface area contributed by atoms with Crippen LogP contribution in [-0.2, 0) is 9.59 Å². The smallest absolute Gasteiger partial charge is 0.237 e. The molecule has 0 saturated carbocycles. The lowest BCUT2D eigenvalue weighted by molar-refractivity contribution is -0.154. The zero-order valence-electron chi connectivity index (χ0n) is 18.0. The first-order chi connectivity index (χ1) is 13.3. The summed E-state index contributed by atoms with van der Waals surface area (Å²) in [5.74, 6) is -0.0290. The van der Waals surface area contributed by atoms with Crippen molar-refractivity contribution in [2.24, 2.45) is 5.41 Å². The number of carbonyl (C=O) groups excluding carboxylic acids is 2. The van der Waals surface area contributed by atoms with Gasteiger partial charge in [-0.3, -0.25) is 9.59 Å². The van der Waals surface area contributed by atoms with Gasteiger partial charge in [0, 0.05) is 45.0 Å². The van der Waals surface area contributed by atoms with Crippen LogP contribution in [0.25, 0.3) is 0 Å². The van der Waals surface area contributed by atoms with Gasteiger partial charge in [0.15, 0.2) is 0 Å². The normalized spacial score (nSPS) is 18.8. The Hall–Kier alpha value is -2.04. The highest BCUT2D eigenvalue weighted by atomic mass is 16.2. The lowest BCUT2D eigenvalue weighted by Crippen LogP contribution is -2.56. The Kier molecular flexibility index (Phi) is 6.31. The van der Waals surface area contributed by atoms with E-state index >= 15 is 0 Å². The quantitative estimate of drug-likeness (QED) is 0.749. The van der Waals surface area contributed by atoms with Crippen molar-refractivity contribution in [3.05, 3.63) is 29.3 Å². The number of anilines is 1. The van der Waals surface area contributed by atoms with Crippen molar-refractivity contribution in [1.82, 2.24) is 9.80 Å². The summed E-state index contributed by atoms with van der Waals surface area (Å²) in [7, 11) is 0. The molecule has 0 unspecified atom stereocenters. The molecule has 2 aliphatic heterocycles. The minimum absolute atomic E-state index is 0.00337. The summed E-state index contributed by atoms with van der Waals surface area (Å²) in [4.78, 5) is 32.5. The van der Waals surface area contributed by atoms with Gasteiger partial charge in [0.2, 0.25) is 11.8 Å². The molecule has 1 aromatic rings. The van der Waals surface area contributed by atoms with Crippen LogP contribution in [0, 0.1) is 19.3 Å². The zero-order valence-corrected chi connectivity index (χ0v) is 18.0. The van der Waals surface area contributed by atoms with Crippen LogP contribution in [0.4, 0.5) is 5.69 Å². The van der Waals surface area contributed by atoms with Gasteiger partial charge in [-0.2, -0.15) is 0 Å². The monoisotopic (exact) mass is 385 g/mol. The van der Waals surface area contributed by atoms with E-state index in [0.29, 0.717) is 13.1 Å². The molecule has 5 nitrogen and oxygen atoms in total. The molecule has 3 rings (SSSR count). The fraction of sp³-hybridized carbons (Fsp3) is 0.652. The highest BCUT2D eigenvalue weighted by Crippen LogP contribution is 2.27. The van der Waals surface area contributed by atoms with E-state index in [-0.39, 0.29) is 11.8 Å². The second-order valence-electron chi connectivity index (χ2n) is 8.83. The van der Waals surface area contributed by atoms with Crippen molar-refractivity contribution < 1.29 is 9.59 Å². The number of piperazine rings is 1. The van der Waals surface area contributed by atoms with E-state index in [1.165, 1.54) is 29.7 Å². The molecule has 0 N–H and O–H groups in total. The maximum Gasteiger partial charge on any atom is 0.237 e. The summed E-state index contributed by atoms with van der Waals surface area (Å²) >= 11 is 0. The van der Waals surface area contributed by atoms with Gasteiger partial charge in [0.1, 0.15) is 5.41 Å². The van der Waals surface area contributed by atoms with Gasteiger partial charge in [-0.1, -0.05) is 25.0 Å². The predicted octanol–water partition coefficient (Wildman–Crippen LogP) is 3.38. The highest BCUT2D eigenvalue weighted by molar-refractivity contribution is 6.04. The van der Waals surface area contributed by atoms with Gasteiger partial charge in [-0.05, 0) is 57.7 Å². The van der Waals surface area contributed by atoms with Crippen LogP contribution in [0.15, 0.2) is 18.2 Å². The Labute approximate surface area is 169 Å². The van der Waals surface area contributed by atoms with Crippen molar-refractivity contribution in [3.63, 3.8) is 0 Å². The minimum atomic E-state index is -0.980. The number of likely N-dealkylation sites (tertiary alicyclic amines) is 1. The van der Waals surface area contributed by atoms with Gasteiger partial charge < -0.3 is 14.7 Å². The third-order valence-electron chi connectivity index (χ3n) is 6.45. The summed E-state index contributed by atoms with van der Waals surface area (Å²) in [6.45, 7) is 12.4. The molecule has 0 bridgehead atoms. The van der Waals surface area contributed by atoms with Crippen LogP contribution in [0.3, 0.4) is 0 Å². The number of aryl methyl sites for hydroxylation is 1. The van der Waals surface area contributed by atoms with E-state index in [0.717, 1.165) is 39.0 Å². The van der Waals surface area contributed by atoms with Crippen molar-refractivity contribution in [2.75, 3.05) is 44.2 Å². The third kappa shape index (κ3) is 4.18. The first-order valence-electron chi connectivity index (χ1n) is 10.7. The second kappa shape index (κ2) is 8.54. The molecule has 28 heavy (non-hydrogen) atoms. The molecule has 0 radical (unpaired) electrons. The van der Waals surface area contributed by atoms with Crippen molar-refractivity contribution in [1.29, 1.82) is 0 Å². The van der Waals surface area contributed by atoms with Crippen molar-refractivity contribution in [2.45, 2.75) is 53.4 Å². The lowest BCUT2D eigenvalue weighted by atomic mass is 9.89. The van der Waals surface area contributed by atoms with E-state index in [2.05, 4.69) is 36.9 Å². The fourth-order valence-electron chi connectivity index (χ4n) is 4.38. The first-order valence-corrected chi connectivity index (χ1v) is 10.7. The molecule has 5 heteroatoms. The minimum Gasteiger partial charge on any atom is -0.368 e. The van der Waals surface area contributed by atoms with Gasteiger partial charge in [0.25, 0.3) is 0 Å². The molecule has 2 saturated heterocycles. The molecule has 2 heterocycles. The van der Waals surface area contributed by atoms with Gasteiger partial charge in [-0.15, -0.1) is 0 Å². The SMILES string of the molecule is Cc1cccc(N2CCN(C(=O)C(C)(C)C(=O)N3CCCCCC3)CC2)c1C. The maximum absolute atomic E-state index is 13.2. The van der Waals surface area contributed by atoms with Gasteiger partial charge in [0.05, 0.1) is 0 Å². The number of benzene rings is 1. The molecule has 2 amide bonds. The number of amides is 2. The van der Waals surface area contributed by atoms with Crippen molar-refractivity contribution >= 4 is 17.5 Å². The molecule has 0 spiro atoms. The largest absolute Gasteiger partial charge is 0.368 e. The molecule has 2 fully saturated rings. The number of nitrogens with zero attached hydrogens (tertiary/aromatic N) is 3. The average Bonchev–Trinajstić information content (AvgIpc) is 2.98. The van der Waals surface area contributed by atoms with Crippen LogP contribution in [-0.4, -0.2) is 60.9 Å². The molecule has 0 atom stereocenters. The van der Waals surface area contributed by atoms with E-state index in [4.69, 9.17) is 0 Å². The number of carbonyl (C=O) groups is 2. The zero-order chi connectivity index (χ0) is 20.3. The number of rotatable bonds is 3. The van der Waals surface area contributed by atoms with E-state index in [1.807, 2.05) is 9.80 Å². The third-order valence-corrected chi connectivity index (χ3v) is 6.45. The predicted molar refractivity (Wildman–Crippen MR) is 114 cm³/mol. The molecular formula is C23H35N3O2. The lowest BCUT2D eigenvalue weighted by Gasteiger charge is -2.40. The van der Waals surface area contributed by atoms with Gasteiger partial charge >= 0.3 is 0 Å². The summed E-state index contributed by atoms with van der Waals surface area (Å²) in [6.07, 6.45) is 4.45. The standard InChI is InChI=1S/C23H35N3O2/c1-18-10-9-11-20(19(18)2)24-14-16-26(17-15-24)22(28)23(3,4)21(27)25-12-7-5-6-8-13-25/h9-11H,5-8,12-17H2,1-4H3. The molecule has 0 aliphatic carbocycles. The number of hydrogen-bond acceptors (Lipinski definition) is 3. The fourth-order valence-corrected chi connectivity index (χ4v) is 4.38. The Balaban J connectivity index is 1.63. The average molecular weight is 386 g/mol. The second-order valence-corrected chi connectivity index (χ2v) is 8.83. The van der Waals surface area contributed by atoms with Crippen LogP contribution < -0.4 is 4.90 Å². The van der Waals surface area contributed by atoms with Gasteiger partial charge in [-0.25, -0.2) is 0 Å². The Bertz CT molecular complexity index is 713. The summed E-state index contributed by atoms with van der Waals surface area (Å²) < 4.78 is 0. The molecule has 2 aliphatic rings. The topological polar surface area (TPSA) is 43.9 Å². The Morgan fingerprint density at radius 2 is 1.32 bits per heavy atom. The first kappa shape index (κ1) is 20.7. The number of hydrogen-bond donors (Lipinski definition) is 0. The molecule has 0 aromatic heterocycles. The van der Waals surface area contributed by atoms with Crippen molar-refractivity contribution in [3.8, 4) is 0 Å². The maximum atomic E-state index is 13.2. The van der Waals surface area contributed by atoms with Crippen LogP contribution >= 0.6 is 0 Å².